The van der Waals surface area contributed by atoms with Crippen LogP contribution in [0.3, 0.4) is 0 Å². The van der Waals surface area contributed by atoms with Crippen LogP contribution in [0.15, 0.2) is 18.2 Å². The molecule has 1 aromatic carbocycles. The minimum absolute atomic E-state index is 0.487. The first-order valence-electron chi connectivity index (χ1n) is 5.92. The maximum Gasteiger partial charge on any atom is 0.150 e. The van der Waals surface area contributed by atoms with Crippen molar-refractivity contribution in [2.75, 3.05) is 11.4 Å². The molecule has 0 fully saturated rings. The van der Waals surface area contributed by atoms with Crippen LogP contribution in [0, 0.1) is 6.92 Å². The van der Waals surface area contributed by atoms with E-state index in [4.69, 9.17) is 0 Å². The van der Waals surface area contributed by atoms with Gasteiger partial charge in [-0.3, -0.25) is 4.79 Å². The van der Waals surface area contributed by atoms with E-state index < -0.39 is 0 Å². The average Bonchev–Trinajstić information content (AvgIpc) is 2.25. The predicted molar refractivity (Wildman–Crippen MR) is 69.3 cm³/mol. The number of aryl methyl sites for hydroxylation is 1. The molecule has 0 aliphatic carbocycles. The largest absolute Gasteiger partial charge is 0.369 e. The van der Waals surface area contributed by atoms with Gasteiger partial charge in [0.1, 0.15) is 6.29 Å². The topological polar surface area (TPSA) is 20.3 Å². The van der Waals surface area contributed by atoms with E-state index in [2.05, 4.69) is 31.7 Å². The monoisotopic (exact) mass is 219 g/mol. The van der Waals surface area contributed by atoms with Crippen LogP contribution in [0.2, 0.25) is 0 Å². The number of benzene rings is 1. The second-order valence-electron chi connectivity index (χ2n) is 4.45. The summed E-state index contributed by atoms with van der Waals surface area (Å²) < 4.78 is 0. The van der Waals surface area contributed by atoms with Gasteiger partial charge in [-0.25, -0.2) is 0 Å². The first-order chi connectivity index (χ1) is 7.60. The molecule has 0 aliphatic rings. The van der Waals surface area contributed by atoms with Gasteiger partial charge in [0.05, 0.1) is 0 Å². The highest BCUT2D eigenvalue weighted by atomic mass is 16.1. The Morgan fingerprint density at radius 3 is 2.50 bits per heavy atom. The molecule has 0 unspecified atom stereocenters. The minimum atomic E-state index is 0.487. The van der Waals surface area contributed by atoms with Crippen molar-refractivity contribution in [1.29, 1.82) is 0 Å². The van der Waals surface area contributed by atoms with E-state index in [1.54, 1.807) is 0 Å². The van der Waals surface area contributed by atoms with Gasteiger partial charge >= 0.3 is 0 Å². The maximum atomic E-state index is 10.8. The molecule has 0 spiro atoms. The van der Waals surface area contributed by atoms with Crippen molar-refractivity contribution in [3.8, 4) is 0 Å². The number of hydrogen-bond acceptors (Lipinski definition) is 2. The Bertz CT molecular complexity index is 358. The Kier molecular flexibility index (Phi) is 4.53. The number of carbonyl (C=O) groups is 1. The van der Waals surface area contributed by atoms with Gasteiger partial charge in [-0.15, -0.1) is 0 Å². The lowest BCUT2D eigenvalue weighted by Gasteiger charge is -2.29. The summed E-state index contributed by atoms with van der Waals surface area (Å²) >= 11 is 0. The summed E-state index contributed by atoms with van der Waals surface area (Å²) in [5, 5.41) is 0. The zero-order valence-electron chi connectivity index (χ0n) is 10.7. The molecule has 1 aromatic rings. The van der Waals surface area contributed by atoms with Crippen LogP contribution < -0.4 is 4.90 Å². The standard InChI is InChI=1S/C14H21NO/c1-5-8-15(11(2)3)14-7-6-13(10-16)12(4)9-14/h6-7,9-11H,5,8H2,1-4H3. The Balaban J connectivity index is 3.01. The van der Waals surface area contributed by atoms with Gasteiger partial charge in [-0.2, -0.15) is 0 Å². The van der Waals surface area contributed by atoms with E-state index in [1.807, 2.05) is 19.1 Å². The smallest absolute Gasteiger partial charge is 0.150 e. The third kappa shape index (κ3) is 2.84. The first-order valence-corrected chi connectivity index (χ1v) is 5.92. The number of rotatable bonds is 5. The van der Waals surface area contributed by atoms with Crippen molar-refractivity contribution in [2.45, 2.75) is 40.2 Å². The van der Waals surface area contributed by atoms with Gasteiger partial charge in [0.15, 0.2) is 0 Å². The highest BCUT2D eigenvalue weighted by Crippen LogP contribution is 2.20. The van der Waals surface area contributed by atoms with Gasteiger partial charge in [-0.05, 0) is 51.0 Å². The van der Waals surface area contributed by atoms with Crippen LogP contribution in [0.25, 0.3) is 0 Å². The molecule has 0 saturated heterocycles. The average molecular weight is 219 g/mol. The van der Waals surface area contributed by atoms with Gasteiger partial charge < -0.3 is 4.90 Å². The number of carbonyl (C=O) groups excluding carboxylic acids is 1. The van der Waals surface area contributed by atoms with E-state index >= 15 is 0 Å². The molecule has 0 aromatic heterocycles. The van der Waals surface area contributed by atoms with E-state index in [0.717, 1.165) is 30.4 Å². The lowest BCUT2D eigenvalue weighted by molar-refractivity contribution is 0.112. The second-order valence-corrected chi connectivity index (χ2v) is 4.45. The number of aldehydes is 1. The maximum absolute atomic E-state index is 10.8. The molecule has 16 heavy (non-hydrogen) atoms. The molecule has 0 bridgehead atoms. The SMILES string of the molecule is CCCN(c1ccc(C=O)c(C)c1)C(C)C. The molecule has 0 heterocycles. The molecule has 0 aliphatic heterocycles. The normalized spacial score (nSPS) is 10.6. The van der Waals surface area contributed by atoms with Crippen LogP contribution in [0.1, 0.15) is 43.1 Å². The van der Waals surface area contributed by atoms with Gasteiger partial charge in [-0.1, -0.05) is 6.92 Å². The van der Waals surface area contributed by atoms with Crippen LogP contribution >= 0.6 is 0 Å². The summed E-state index contributed by atoms with van der Waals surface area (Å²) in [6.45, 7) is 9.61. The molecular weight excluding hydrogens is 198 g/mol. The third-order valence-corrected chi connectivity index (χ3v) is 2.80. The second kappa shape index (κ2) is 5.69. The Morgan fingerprint density at radius 2 is 2.06 bits per heavy atom. The number of hydrogen-bond donors (Lipinski definition) is 0. The molecule has 0 atom stereocenters. The van der Waals surface area contributed by atoms with Crippen LogP contribution in [0.4, 0.5) is 5.69 Å². The Labute approximate surface area is 98.3 Å². The summed E-state index contributed by atoms with van der Waals surface area (Å²) in [7, 11) is 0. The summed E-state index contributed by atoms with van der Waals surface area (Å²) in [6.07, 6.45) is 2.05. The van der Waals surface area contributed by atoms with Crippen molar-refractivity contribution in [3.63, 3.8) is 0 Å². The van der Waals surface area contributed by atoms with E-state index in [0.29, 0.717) is 6.04 Å². The van der Waals surface area contributed by atoms with Crippen molar-refractivity contribution in [2.24, 2.45) is 0 Å². The van der Waals surface area contributed by atoms with Crippen molar-refractivity contribution in [1.82, 2.24) is 0 Å². The van der Waals surface area contributed by atoms with Crippen molar-refractivity contribution in [3.05, 3.63) is 29.3 Å². The van der Waals surface area contributed by atoms with E-state index in [1.165, 1.54) is 5.69 Å². The number of nitrogens with zero attached hydrogens (tertiary/aromatic N) is 1. The van der Waals surface area contributed by atoms with Crippen LogP contribution in [-0.4, -0.2) is 18.9 Å². The summed E-state index contributed by atoms with van der Waals surface area (Å²) in [6, 6.07) is 6.52. The van der Waals surface area contributed by atoms with Gasteiger partial charge in [0, 0.05) is 23.8 Å². The highest BCUT2D eigenvalue weighted by Gasteiger charge is 2.10. The minimum Gasteiger partial charge on any atom is -0.369 e. The molecule has 88 valence electrons. The Hall–Kier alpha value is -1.31. The summed E-state index contributed by atoms with van der Waals surface area (Å²) in [5.74, 6) is 0. The molecule has 0 N–H and O–H groups in total. The summed E-state index contributed by atoms with van der Waals surface area (Å²) in [4.78, 5) is 13.1. The molecule has 0 saturated carbocycles. The first kappa shape index (κ1) is 12.8. The highest BCUT2D eigenvalue weighted by molar-refractivity contribution is 5.78. The molecule has 0 radical (unpaired) electrons. The molecule has 2 nitrogen and oxygen atoms in total. The fourth-order valence-corrected chi connectivity index (χ4v) is 1.90. The van der Waals surface area contributed by atoms with Crippen molar-refractivity contribution >= 4 is 12.0 Å². The fraction of sp³-hybridized carbons (Fsp3) is 0.500. The molecule has 1 rings (SSSR count). The zero-order valence-corrected chi connectivity index (χ0v) is 10.7. The third-order valence-electron chi connectivity index (χ3n) is 2.80. The number of anilines is 1. The molecule has 0 amide bonds. The summed E-state index contributed by atoms with van der Waals surface area (Å²) in [5.41, 5.74) is 3.04. The van der Waals surface area contributed by atoms with Crippen molar-refractivity contribution < 1.29 is 4.79 Å². The quantitative estimate of drug-likeness (QED) is 0.707. The lowest BCUT2D eigenvalue weighted by Crippen LogP contribution is -2.31. The lowest BCUT2D eigenvalue weighted by atomic mass is 10.1. The van der Waals surface area contributed by atoms with E-state index in [9.17, 15) is 4.79 Å². The van der Waals surface area contributed by atoms with E-state index in [-0.39, 0.29) is 0 Å². The Morgan fingerprint density at radius 1 is 1.38 bits per heavy atom. The zero-order chi connectivity index (χ0) is 12.1. The predicted octanol–water partition coefficient (Wildman–Crippen LogP) is 3.43. The fourth-order valence-electron chi connectivity index (χ4n) is 1.90. The molecule has 2 heteroatoms. The van der Waals surface area contributed by atoms with Gasteiger partial charge in [0.2, 0.25) is 0 Å². The van der Waals surface area contributed by atoms with Crippen LogP contribution in [0.5, 0.6) is 0 Å². The van der Waals surface area contributed by atoms with Gasteiger partial charge in [0.25, 0.3) is 0 Å². The van der Waals surface area contributed by atoms with Crippen LogP contribution in [-0.2, 0) is 0 Å². The molecular formula is C14H21NO.